The maximum Gasteiger partial charge on any atom is 0.336 e. The van der Waals surface area contributed by atoms with Crippen molar-refractivity contribution in [3.05, 3.63) is 64.2 Å². The lowest BCUT2D eigenvalue weighted by atomic mass is 9.72. The molecule has 2 N–H and O–H groups in total. The summed E-state index contributed by atoms with van der Waals surface area (Å²) in [5.41, 5.74) is 2.68. The molecule has 3 rings (SSSR count). The lowest BCUT2D eigenvalue weighted by Gasteiger charge is -2.53. The van der Waals surface area contributed by atoms with E-state index in [1.54, 1.807) is 26.0 Å². The summed E-state index contributed by atoms with van der Waals surface area (Å²) in [5, 5.41) is 12.5. The molecule has 3 amide bonds. The minimum Gasteiger partial charge on any atom is -0.478 e. The number of carboxylic acid groups (broad SMARTS) is 1. The molecule has 0 aliphatic carbocycles. The summed E-state index contributed by atoms with van der Waals surface area (Å²) < 4.78 is 6.26. The average molecular weight is 481 g/mol. The second kappa shape index (κ2) is 10.5. The number of hydrogen-bond acceptors (Lipinski definition) is 4. The van der Waals surface area contributed by atoms with Crippen molar-refractivity contribution in [1.82, 2.24) is 10.2 Å². The Morgan fingerprint density at radius 2 is 1.63 bits per heavy atom. The summed E-state index contributed by atoms with van der Waals surface area (Å²) in [6.45, 7) is 11.3. The highest BCUT2D eigenvalue weighted by Gasteiger charge is 2.63. The minimum atomic E-state index is -0.999. The summed E-state index contributed by atoms with van der Waals surface area (Å²) in [4.78, 5) is 39.4. The average Bonchev–Trinajstić information content (AvgIpc) is 2.79. The van der Waals surface area contributed by atoms with E-state index in [2.05, 4.69) is 12.2 Å². The van der Waals surface area contributed by atoms with Crippen molar-refractivity contribution in [2.45, 2.75) is 79.5 Å². The monoisotopic (exact) mass is 480 g/mol. The molecule has 0 aromatic heterocycles. The van der Waals surface area contributed by atoms with Crippen molar-refractivity contribution in [3.8, 4) is 5.75 Å². The molecule has 1 aliphatic rings. The molecule has 7 nitrogen and oxygen atoms in total. The zero-order valence-corrected chi connectivity index (χ0v) is 21.5. The topological polar surface area (TPSA) is 95.9 Å². The molecule has 2 atom stereocenters. The number of aryl methyl sites for hydroxylation is 3. The van der Waals surface area contributed by atoms with Gasteiger partial charge in [0.2, 0.25) is 5.91 Å². The Morgan fingerprint density at radius 1 is 1.06 bits per heavy atom. The summed E-state index contributed by atoms with van der Waals surface area (Å²) in [7, 11) is 0. The van der Waals surface area contributed by atoms with Crippen LogP contribution >= 0.6 is 0 Å². The predicted molar refractivity (Wildman–Crippen MR) is 135 cm³/mol. The third-order valence-corrected chi connectivity index (χ3v) is 7.16. The molecule has 188 valence electrons. The molecule has 1 heterocycles. The number of ether oxygens (including phenoxy) is 1. The molecule has 1 aliphatic heterocycles. The number of carboxylic acids is 1. The third-order valence-electron chi connectivity index (χ3n) is 7.16. The van der Waals surface area contributed by atoms with E-state index < -0.39 is 23.6 Å². The highest BCUT2D eigenvalue weighted by Crippen LogP contribution is 2.46. The minimum absolute atomic E-state index is 0.223. The van der Waals surface area contributed by atoms with Gasteiger partial charge in [0.1, 0.15) is 11.2 Å². The van der Waals surface area contributed by atoms with Crippen molar-refractivity contribution < 1.29 is 24.2 Å². The van der Waals surface area contributed by atoms with Crippen LogP contribution < -0.4 is 10.1 Å². The lowest BCUT2D eigenvalue weighted by Crippen LogP contribution is -2.73. The van der Waals surface area contributed by atoms with Gasteiger partial charge in [0.15, 0.2) is 6.23 Å². The summed E-state index contributed by atoms with van der Waals surface area (Å²) >= 11 is 0. The number of benzene rings is 2. The van der Waals surface area contributed by atoms with Gasteiger partial charge >= 0.3 is 12.0 Å². The summed E-state index contributed by atoms with van der Waals surface area (Å²) in [6, 6.07) is 10.6. The quantitative estimate of drug-likeness (QED) is 0.435. The Kier molecular flexibility index (Phi) is 7.88. The Labute approximate surface area is 207 Å². The SMILES string of the molecule is CCCC(NC(=O)N1C(=O)C(CC)(CC)C1Oc1cc(C)c(C(=O)O)c(C)c1)c1ccc(C)cc1. The van der Waals surface area contributed by atoms with E-state index in [1.807, 2.05) is 45.0 Å². The molecule has 35 heavy (non-hydrogen) atoms. The van der Waals surface area contributed by atoms with E-state index in [1.165, 1.54) is 4.90 Å². The van der Waals surface area contributed by atoms with Crippen LogP contribution in [0.1, 0.15) is 85.1 Å². The lowest BCUT2D eigenvalue weighted by molar-refractivity contribution is -0.191. The molecule has 0 bridgehead atoms. The molecule has 1 fully saturated rings. The second-order valence-electron chi connectivity index (χ2n) is 9.45. The molecular formula is C28H36N2O5. The van der Waals surface area contributed by atoms with E-state index >= 15 is 0 Å². The van der Waals surface area contributed by atoms with Crippen LogP contribution in [0.4, 0.5) is 4.79 Å². The van der Waals surface area contributed by atoms with E-state index in [4.69, 9.17) is 4.74 Å². The third kappa shape index (κ3) is 4.90. The molecule has 0 saturated carbocycles. The summed E-state index contributed by atoms with van der Waals surface area (Å²) in [6.07, 6.45) is 1.88. The number of carbonyl (C=O) groups excluding carboxylic acids is 2. The van der Waals surface area contributed by atoms with Gasteiger partial charge in [-0.15, -0.1) is 0 Å². The zero-order chi connectivity index (χ0) is 25.9. The normalized spacial score (nSPS) is 17.5. The van der Waals surface area contributed by atoms with E-state index in [0.29, 0.717) is 29.7 Å². The van der Waals surface area contributed by atoms with Crippen molar-refractivity contribution in [1.29, 1.82) is 0 Å². The van der Waals surface area contributed by atoms with Crippen LogP contribution in [0.25, 0.3) is 0 Å². The van der Waals surface area contributed by atoms with Gasteiger partial charge in [-0.25, -0.2) is 14.5 Å². The Balaban J connectivity index is 1.90. The smallest absolute Gasteiger partial charge is 0.336 e. The Morgan fingerprint density at radius 3 is 2.11 bits per heavy atom. The molecular weight excluding hydrogens is 444 g/mol. The van der Waals surface area contributed by atoms with Gasteiger partial charge in [-0.3, -0.25) is 4.79 Å². The number of nitrogens with zero attached hydrogens (tertiary/aromatic N) is 1. The Bertz CT molecular complexity index is 1080. The largest absolute Gasteiger partial charge is 0.478 e. The number of rotatable bonds is 9. The number of amides is 3. The number of nitrogens with one attached hydrogen (secondary N) is 1. The number of β-lactam (4-membered cyclic amide) rings is 1. The number of imide groups is 1. The van der Waals surface area contributed by atoms with Crippen LogP contribution in [0.2, 0.25) is 0 Å². The van der Waals surface area contributed by atoms with Crippen LogP contribution in [-0.4, -0.2) is 34.1 Å². The first-order valence-corrected chi connectivity index (χ1v) is 12.3. The van der Waals surface area contributed by atoms with Crippen LogP contribution in [0.3, 0.4) is 0 Å². The molecule has 2 aromatic rings. The molecule has 7 heteroatoms. The van der Waals surface area contributed by atoms with Gasteiger partial charge in [0.25, 0.3) is 0 Å². The summed E-state index contributed by atoms with van der Waals surface area (Å²) in [5.74, 6) is -0.809. The fourth-order valence-electron chi connectivity index (χ4n) is 4.99. The number of likely N-dealkylation sites (tertiary alicyclic amines) is 1. The molecule has 0 spiro atoms. The van der Waals surface area contributed by atoms with Crippen LogP contribution in [0.15, 0.2) is 36.4 Å². The van der Waals surface area contributed by atoms with Gasteiger partial charge in [-0.2, -0.15) is 0 Å². The highest BCUT2D eigenvalue weighted by atomic mass is 16.5. The van der Waals surface area contributed by atoms with E-state index in [-0.39, 0.29) is 17.5 Å². The van der Waals surface area contributed by atoms with Crippen LogP contribution in [0.5, 0.6) is 5.75 Å². The van der Waals surface area contributed by atoms with Crippen molar-refractivity contribution in [2.24, 2.45) is 5.41 Å². The zero-order valence-electron chi connectivity index (χ0n) is 21.5. The Hall–Kier alpha value is -3.35. The standard InChI is InChI=1S/C28H36N2O5/c1-7-10-22(20-13-11-17(4)12-14-20)29-27(34)30-25(33)28(8-2,9-3)26(30)35-21-15-18(5)23(24(31)32)19(6)16-21/h11-16,22,26H,7-10H2,1-6H3,(H,29,34)(H,31,32). The van der Waals surface area contributed by atoms with Crippen molar-refractivity contribution in [3.63, 3.8) is 0 Å². The van der Waals surface area contributed by atoms with Crippen LogP contribution in [-0.2, 0) is 4.79 Å². The first kappa shape index (κ1) is 26.3. The van der Waals surface area contributed by atoms with Gasteiger partial charge in [-0.1, -0.05) is 57.0 Å². The number of hydrogen-bond donors (Lipinski definition) is 2. The van der Waals surface area contributed by atoms with E-state index in [9.17, 15) is 19.5 Å². The first-order chi connectivity index (χ1) is 16.6. The number of aromatic carboxylic acids is 1. The highest BCUT2D eigenvalue weighted by molar-refractivity contribution is 6.03. The molecule has 0 radical (unpaired) electrons. The fraction of sp³-hybridized carbons (Fsp3) is 0.464. The molecule has 1 saturated heterocycles. The van der Waals surface area contributed by atoms with Gasteiger partial charge < -0.3 is 15.2 Å². The number of urea groups is 1. The van der Waals surface area contributed by atoms with Crippen molar-refractivity contribution >= 4 is 17.9 Å². The number of carbonyl (C=O) groups is 3. The van der Waals surface area contributed by atoms with Gasteiger partial charge in [-0.05, 0) is 68.9 Å². The molecule has 2 aromatic carbocycles. The van der Waals surface area contributed by atoms with Crippen LogP contribution in [0, 0.1) is 26.2 Å². The maximum atomic E-state index is 13.4. The second-order valence-corrected chi connectivity index (χ2v) is 9.45. The fourth-order valence-corrected chi connectivity index (χ4v) is 4.99. The van der Waals surface area contributed by atoms with Gasteiger partial charge in [0, 0.05) is 0 Å². The van der Waals surface area contributed by atoms with E-state index in [0.717, 1.165) is 24.0 Å². The molecule has 2 unspecified atom stereocenters. The van der Waals surface area contributed by atoms with Gasteiger partial charge in [0.05, 0.1) is 11.6 Å². The maximum absolute atomic E-state index is 13.4. The predicted octanol–water partition coefficient (Wildman–Crippen LogP) is 5.91. The van der Waals surface area contributed by atoms with Crippen molar-refractivity contribution in [2.75, 3.05) is 0 Å². The first-order valence-electron chi connectivity index (χ1n) is 12.3.